The Kier molecular flexibility index (Phi) is 4.68. The Balaban J connectivity index is 3.11. The van der Waals surface area contributed by atoms with Crippen LogP contribution >= 0.6 is 15.9 Å². The first-order valence-corrected chi connectivity index (χ1v) is 5.44. The summed E-state index contributed by atoms with van der Waals surface area (Å²) in [5.41, 5.74) is -0.113. The summed E-state index contributed by atoms with van der Waals surface area (Å²) in [6.45, 7) is -0.211. The first-order valence-electron chi connectivity index (χ1n) is 4.65. The lowest BCUT2D eigenvalue weighted by atomic mass is 10.2. The molecule has 0 aliphatic heterocycles. The third-order valence-electron chi connectivity index (χ3n) is 2.01. The maximum absolute atomic E-state index is 13.5. The van der Waals surface area contributed by atoms with Gasteiger partial charge in [0.2, 0.25) is 0 Å². The molecule has 0 N–H and O–H groups in total. The Morgan fingerprint density at radius 2 is 2.24 bits per heavy atom. The molecule has 0 bridgehead atoms. The van der Waals surface area contributed by atoms with Gasteiger partial charge in [0.25, 0.3) is 5.91 Å². The van der Waals surface area contributed by atoms with E-state index in [2.05, 4.69) is 21.9 Å². The molecule has 0 aliphatic rings. The Bertz CT molecular complexity index is 480. The normalized spacial score (nSPS) is 9.18. The summed E-state index contributed by atoms with van der Waals surface area (Å²) in [7, 11) is 0. The minimum Gasteiger partial charge on any atom is -0.314 e. The summed E-state index contributed by atoms with van der Waals surface area (Å²) >= 11 is 3.10. The van der Waals surface area contributed by atoms with E-state index in [1.807, 2.05) is 6.07 Å². The smallest absolute Gasteiger partial charge is 0.259 e. The van der Waals surface area contributed by atoms with Gasteiger partial charge in [0.05, 0.1) is 18.2 Å². The molecule has 0 spiro atoms. The number of amides is 1. The molecule has 86 valence electrons. The van der Waals surface area contributed by atoms with Gasteiger partial charge in [-0.15, -0.1) is 6.42 Å². The molecule has 0 aliphatic carbocycles. The number of rotatable bonds is 3. The van der Waals surface area contributed by atoms with Gasteiger partial charge in [0.15, 0.2) is 0 Å². The number of halogens is 2. The molecular formula is C12H8BrFN2O. The van der Waals surface area contributed by atoms with E-state index in [9.17, 15) is 9.18 Å². The van der Waals surface area contributed by atoms with Crippen LogP contribution in [-0.4, -0.2) is 23.9 Å². The molecule has 0 unspecified atom stereocenters. The van der Waals surface area contributed by atoms with Crippen molar-refractivity contribution in [3.8, 4) is 18.4 Å². The molecule has 0 radical (unpaired) electrons. The number of nitriles is 1. The maximum Gasteiger partial charge on any atom is 0.259 e. The van der Waals surface area contributed by atoms with E-state index in [4.69, 9.17) is 11.7 Å². The second-order valence-corrected chi connectivity index (χ2v) is 3.97. The molecule has 0 fully saturated rings. The van der Waals surface area contributed by atoms with Gasteiger partial charge < -0.3 is 4.90 Å². The molecule has 5 heteroatoms. The molecule has 0 heterocycles. The number of carbonyl (C=O) groups excluding carboxylic acids is 1. The van der Waals surface area contributed by atoms with E-state index in [-0.39, 0.29) is 18.7 Å². The van der Waals surface area contributed by atoms with Crippen LogP contribution in [0.5, 0.6) is 0 Å². The number of hydrogen-bond acceptors (Lipinski definition) is 2. The monoisotopic (exact) mass is 294 g/mol. The highest BCUT2D eigenvalue weighted by Crippen LogP contribution is 2.21. The predicted molar refractivity (Wildman–Crippen MR) is 64.4 cm³/mol. The predicted octanol–water partition coefficient (Wildman–Crippen LogP) is 2.19. The average molecular weight is 295 g/mol. The zero-order valence-corrected chi connectivity index (χ0v) is 10.4. The van der Waals surface area contributed by atoms with Crippen LogP contribution < -0.4 is 0 Å². The van der Waals surface area contributed by atoms with Crippen molar-refractivity contribution in [2.45, 2.75) is 0 Å². The third kappa shape index (κ3) is 3.05. The summed E-state index contributed by atoms with van der Waals surface area (Å²) in [6, 6.07) is 6.02. The van der Waals surface area contributed by atoms with Gasteiger partial charge in [-0.1, -0.05) is 12.0 Å². The lowest BCUT2D eigenvalue weighted by Gasteiger charge is -2.17. The van der Waals surface area contributed by atoms with Crippen molar-refractivity contribution in [2.75, 3.05) is 13.1 Å². The van der Waals surface area contributed by atoms with Crippen LogP contribution in [0.3, 0.4) is 0 Å². The van der Waals surface area contributed by atoms with E-state index in [1.165, 1.54) is 12.1 Å². The molecule has 1 aromatic carbocycles. The number of terminal acetylenes is 1. The van der Waals surface area contributed by atoms with Crippen molar-refractivity contribution in [3.05, 3.63) is 34.1 Å². The fourth-order valence-corrected chi connectivity index (χ4v) is 1.77. The zero-order valence-electron chi connectivity index (χ0n) is 8.78. The summed E-state index contributed by atoms with van der Waals surface area (Å²) in [5, 5.41) is 8.58. The van der Waals surface area contributed by atoms with Crippen molar-refractivity contribution >= 4 is 21.8 Å². The standard InChI is InChI=1S/C12H8BrFN2O/c1-2-7-16(8-6-15)12(17)11-9(13)4-3-5-10(11)14/h1,3-5H,7-8H2. The van der Waals surface area contributed by atoms with Crippen molar-refractivity contribution in [1.82, 2.24) is 4.90 Å². The molecule has 1 aromatic rings. The van der Waals surface area contributed by atoms with Gasteiger partial charge in [0, 0.05) is 4.47 Å². The van der Waals surface area contributed by atoms with E-state index in [0.29, 0.717) is 4.47 Å². The first kappa shape index (κ1) is 13.2. The van der Waals surface area contributed by atoms with Gasteiger partial charge in [0.1, 0.15) is 12.4 Å². The summed E-state index contributed by atoms with van der Waals surface area (Å²) in [6.07, 6.45) is 5.09. The molecule has 1 rings (SSSR count). The van der Waals surface area contributed by atoms with Crippen molar-refractivity contribution in [2.24, 2.45) is 0 Å². The van der Waals surface area contributed by atoms with Crippen molar-refractivity contribution in [3.63, 3.8) is 0 Å². The van der Waals surface area contributed by atoms with Crippen LogP contribution in [0.4, 0.5) is 4.39 Å². The van der Waals surface area contributed by atoms with Crippen LogP contribution in [0.15, 0.2) is 22.7 Å². The van der Waals surface area contributed by atoms with Gasteiger partial charge in [-0.25, -0.2) is 4.39 Å². The Labute approximate surface area is 107 Å². The fourth-order valence-electron chi connectivity index (χ4n) is 1.26. The Morgan fingerprint density at radius 1 is 1.53 bits per heavy atom. The summed E-state index contributed by atoms with van der Waals surface area (Å²) in [4.78, 5) is 13.1. The van der Waals surface area contributed by atoms with E-state index in [0.717, 1.165) is 4.90 Å². The van der Waals surface area contributed by atoms with Gasteiger partial charge in [-0.3, -0.25) is 4.79 Å². The van der Waals surface area contributed by atoms with Crippen LogP contribution in [0.1, 0.15) is 10.4 Å². The molecule has 17 heavy (non-hydrogen) atoms. The van der Waals surface area contributed by atoms with Crippen LogP contribution in [-0.2, 0) is 0 Å². The highest BCUT2D eigenvalue weighted by Gasteiger charge is 2.20. The zero-order chi connectivity index (χ0) is 12.8. The number of benzene rings is 1. The maximum atomic E-state index is 13.5. The quantitative estimate of drug-likeness (QED) is 0.634. The first-order chi connectivity index (χ1) is 8.11. The van der Waals surface area contributed by atoms with Gasteiger partial charge in [-0.2, -0.15) is 5.26 Å². The molecular weight excluding hydrogens is 287 g/mol. The largest absolute Gasteiger partial charge is 0.314 e. The van der Waals surface area contributed by atoms with Crippen molar-refractivity contribution < 1.29 is 9.18 Å². The minimum absolute atomic E-state index is 0.0346. The van der Waals surface area contributed by atoms with Crippen LogP contribution in [0.2, 0.25) is 0 Å². The Morgan fingerprint density at radius 3 is 2.76 bits per heavy atom. The lowest BCUT2D eigenvalue weighted by Crippen LogP contribution is -2.32. The second kappa shape index (κ2) is 6.03. The van der Waals surface area contributed by atoms with Crippen LogP contribution in [0.25, 0.3) is 0 Å². The molecule has 0 saturated carbocycles. The molecule has 0 aromatic heterocycles. The average Bonchev–Trinajstić information content (AvgIpc) is 2.28. The van der Waals surface area contributed by atoms with Crippen LogP contribution in [0, 0.1) is 29.5 Å². The van der Waals surface area contributed by atoms with E-state index in [1.54, 1.807) is 6.07 Å². The fraction of sp³-hybridized carbons (Fsp3) is 0.167. The highest BCUT2D eigenvalue weighted by molar-refractivity contribution is 9.10. The molecule has 0 saturated heterocycles. The van der Waals surface area contributed by atoms with Gasteiger partial charge >= 0.3 is 0 Å². The second-order valence-electron chi connectivity index (χ2n) is 3.12. The van der Waals surface area contributed by atoms with E-state index < -0.39 is 11.7 Å². The number of carbonyl (C=O) groups is 1. The minimum atomic E-state index is -0.649. The van der Waals surface area contributed by atoms with Gasteiger partial charge in [-0.05, 0) is 28.1 Å². The lowest BCUT2D eigenvalue weighted by molar-refractivity contribution is 0.0790. The number of hydrogen-bond donors (Lipinski definition) is 0. The van der Waals surface area contributed by atoms with E-state index >= 15 is 0 Å². The highest BCUT2D eigenvalue weighted by atomic mass is 79.9. The molecule has 0 atom stereocenters. The third-order valence-corrected chi connectivity index (χ3v) is 2.67. The topological polar surface area (TPSA) is 44.1 Å². The summed E-state index contributed by atoms with van der Waals surface area (Å²) in [5.74, 6) is 1.01. The molecule has 1 amide bonds. The SMILES string of the molecule is C#CCN(CC#N)C(=O)c1c(F)cccc1Br. The number of nitrogens with zero attached hydrogens (tertiary/aromatic N) is 2. The van der Waals surface area contributed by atoms with Crippen molar-refractivity contribution in [1.29, 1.82) is 5.26 Å². The Hall–Kier alpha value is -1.85. The summed E-state index contributed by atoms with van der Waals surface area (Å²) < 4.78 is 13.9. The molecule has 3 nitrogen and oxygen atoms in total.